The van der Waals surface area contributed by atoms with E-state index in [9.17, 15) is 9.59 Å². The summed E-state index contributed by atoms with van der Waals surface area (Å²) in [6.07, 6.45) is 0. The first kappa shape index (κ1) is 13.0. The number of hydrogen-bond acceptors (Lipinski definition) is 5. The lowest BCUT2D eigenvalue weighted by Gasteiger charge is -1.99. The van der Waals surface area contributed by atoms with Crippen LogP contribution in [0.2, 0.25) is 0 Å². The number of aromatic amines is 1. The van der Waals surface area contributed by atoms with Crippen molar-refractivity contribution < 1.29 is 9.53 Å². The summed E-state index contributed by atoms with van der Waals surface area (Å²) in [5.74, 6) is -0.405. The molecule has 0 amide bonds. The van der Waals surface area contributed by atoms with Gasteiger partial charge >= 0.3 is 5.97 Å². The highest BCUT2D eigenvalue weighted by atomic mass is 32.1. The monoisotopic (exact) mass is 284 g/mol. The zero-order chi connectivity index (χ0) is 13.4. The molecule has 5 nitrogen and oxygen atoms in total. The van der Waals surface area contributed by atoms with Gasteiger partial charge in [-0.3, -0.25) is 9.36 Å². The first-order valence-corrected chi connectivity index (χ1v) is 6.59. The van der Waals surface area contributed by atoms with Crippen LogP contribution >= 0.6 is 23.6 Å². The molecule has 0 aliphatic carbocycles. The van der Waals surface area contributed by atoms with E-state index in [4.69, 9.17) is 17.0 Å². The zero-order valence-electron chi connectivity index (χ0n) is 10.2. The summed E-state index contributed by atoms with van der Waals surface area (Å²) in [6.45, 7) is 3.79. The standard InChI is InChI=1S/C11H12N2O3S2/c1-4-16-10(15)7-5(2)6-8(18-7)12-11(17)13(3)9(6)14/h4H2,1-3H3,(H,12,17). The van der Waals surface area contributed by atoms with Gasteiger partial charge in [0.15, 0.2) is 4.77 Å². The van der Waals surface area contributed by atoms with Crippen LogP contribution in [0.25, 0.3) is 10.2 Å². The Morgan fingerprint density at radius 1 is 1.56 bits per heavy atom. The summed E-state index contributed by atoms with van der Waals surface area (Å²) in [5.41, 5.74) is 0.443. The van der Waals surface area contributed by atoms with Gasteiger partial charge in [-0.25, -0.2) is 4.79 Å². The summed E-state index contributed by atoms with van der Waals surface area (Å²) < 4.78 is 6.65. The Balaban J connectivity index is 2.79. The van der Waals surface area contributed by atoms with Gasteiger partial charge in [-0.1, -0.05) is 0 Å². The molecule has 18 heavy (non-hydrogen) atoms. The summed E-state index contributed by atoms with van der Waals surface area (Å²) >= 11 is 6.23. The van der Waals surface area contributed by atoms with Crippen LogP contribution in [0.1, 0.15) is 22.2 Å². The number of carbonyl (C=O) groups excluding carboxylic acids is 1. The molecular formula is C11H12N2O3S2. The molecule has 96 valence electrons. The van der Waals surface area contributed by atoms with Gasteiger partial charge in [-0.05, 0) is 31.6 Å². The summed E-state index contributed by atoms with van der Waals surface area (Å²) in [6, 6.07) is 0. The lowest BCUT2D eigenvalue weighted by molar-refractivity contribution is 0.0531. The molecule has 0 aromatic carbocycles. The maximum Gasteiger partial charge on any atom is 0.348 e. The van der Waals surface area contributed by atoms with Gasteiger partial charge in [0.1, 0.15) is 9.71 Å². The molecule has 0 radical (unpaired) electrons. The average molecular weight is 284 g/mol. The molecule has 7 heteroatoms. The summed E-state index contributed by atoms with van der Waals surface area (Å²) in [5, 5.41) is 0.499. The van der Waals surface area contributed by atoms with Crippen LogP contribution in [-0.2, 0) is 11.8 Å². The molecule has 1 N–H and O–H groups in total. The van der Waals surface area contributed by atoms with E-state index in [2.05, 4.69) is 4.98 Å². The fourth-order valence-corrected chi connectivity index (χ4v) is 3.03. The molecule has 0 spiro atoms. The number of esters is 1. The van der Waals surface area contributed by atoms with E-state index in [1.54, 1.807) is 20.9 Å². The third kappa shape index (κ3) is 1.89. The topological polar surface area (TPSA) is 64.1 Å². The predicted molar refractivity (Wildman–Crippen MR) is 72.9 cm³/mol. The van der Waals surface area contributed by atoms with E-state index in [1.165, 1.54) is 15.9 Å². The van der Waals surface area contributed by atoms with E-state index < -0.39 is 5.97 Å². The molecule has 2 heterocycles. The van der Waals surface area contributed by atoms with Crippen molar-refractivity contribution in [1.82, 2.24) is 9.55 Å². The van der Waals surface area contributed by atoms with Crippen LogP contribution in [0.5, 0.6) is 0 Å². The van der Waals surface area contributed by atoms with Gasteiger partial charge in [0.25, 0.3) is 5.56 Å². The highest BCUT2D eigenvalue weighted by Gasteiger charge is 2.19. The first-order chi connectivity index (χ1) is 8.47. The second kappa shape index (κ2) is 4.66. The third-order valence-corrected chi connectivity index (χ3v) is 4.21. The second-order valence-electron chi connectivity index (χ2n) is 3.78. The summed E-state index contributed by atoms with van der Waals surface area (Å²) in [4.78, 5) is 27.9. The molecule has 0 saturated heterocycles. The van der Waals surface area contributed by atoms with Gasteiger partial charge < -0.3 is 9.72 Å². The van der Waals surface area contributed by atoms with Crippen LogP contribution in [0.4, 0.5) is 0 Å². The summed E-state index contributed by atoms with van der Waals surface area (Å²) in [7, 11) is 1.60. The van der Waals surface area contributed by atoms with E-state index in [0.29, 0.717) is 32.0 Å². The van der Waals surface area contributed by atoms with Crippen molar-refractivity contribution in [1.29, 1.82) is 0 Å². The molecule has 0 fully saturated rings. The van der Waals surface area contributed by atoms with Gasteiger partial charge in [0, 0.05) is 7.05 Å². The Hall–Kier alpha value is -1.47. The quantitative estimate of drug-likeness (QED) is 0.678. The van der Waals surface area contributed by atoms with Crippen molar-refractivity contribution in [3.63, 3.8) is 0 Å². The van der Waals surface area contributed by atoms with E-state index in [1.807, 2.05) is 0 Å². The number of nitrogens with one attached hydrogen (secondary N) is 1. The number of H-pyrrole nitrogens is 1. The van der Waals surface area contributed by atoms with Crippen molar-refractivity contribution in [2.45, 2.75) is 13.8 Å². The minimum Gasteiger partial charge on any atom is -0.462 e. The average Bonchev–Trinajstić information content (AvgIpc) is 2.64. The second-order valence-corrected chi connectivity index (χ2v) is 5.18. The molecule has 0 unspecified atom stereocenters. The maximum atomic E-state index is 12.1. The molecule has 0 bridgehead atoms. The Kier molecular flexibility index (Phi) is 3.36. The molecule has 2 rings (SSSR count). The fourth-order valence-electron chi connectivity index (χ4n) is 1.69. The molecule has 2 aromatic heterocycles. The lowest BCUT2D eigenvalue weighted by Crippen LogP contribution is -2.18. The van der Waals surface area contributed by atoms with Crippen molar-refractivity contribution in [2.75, 3.05) is 6.61 Å². The minimum atomic E-state index is -0.405. The molecule has 0 atom stereocenters. The number of rotatable bonds is 2. The SMILES string of the molecule is CCOC(=O)c1sc2[nH]c(=S)n(C)c(=O)c2c1C. The Bertz CT molecular complexity index is 739. The lowest BCUT2D eigenvalue weighted by atomic mass is 10.2. The van der Waals surface area contributed by atoms with Gasteiger partial charge in [0.2, 0.25) is 0 Å². The van der Waals surface area contributed by atoms with Gasteiger partial charge in [-0.2, -0.15) is 0 Å². The third-order valence-electron chi connectivity index (χ3n) is 2.65. The van der Waals surface area contributed by atoms with Crippen LogP contribution in [-0.4, -0.2) is 22.1 Å². The maximum absolute atomic E-state index is 12.1. The normalized spacial score (nSPS) is 10.8. The Morgan fingerprint density at radius 3 is 2.83 bits per heavy atom. The van der Waals surface area contributed by atoms with Crippen LogP contribution < -0.4 is 5.56 Å². The number of aromatic nitrogens is 2. The number of hydrogen-bond donors (Lipinski definition) is 1. The fraction of sp³-hybridized carbons (Fsp3) is 0.364. The molecule has 0 aliphatic heterocycles. The Morgan fingerprint density at radius 2 is 2.22 bits per heavy atom. The van der Waals surface area contributed by atoms with Crippen molar-refractivity contribution in [3.05, 3.63) is 25.6 Å². The van der Waals surface area contributed by atoms with Crippen LogP contribution in [0.3, 0.4) is 0 Å². The number of aryl methyl sites for hydroxylation is 1. The molecule has 0 saturated carbocycles. The smallest absolute Gasteiger partial charge is 0.348 e. The van der Waals surface area contributed by atoms with E-state index >= 15 is 0 Å². The highest BCUT2D eigenvalue weighted by molar-refractivity contribution is 7.71. The van der Waals surface area contributed by atoms with E-state index in [-0.39, 0.29) is 5.56 Å². The zero-order valence-corrected chi connectivity index (χ0v) is 11.8. The number of thiophene rings is 1. The first-order valence-electron chi connectivity index (χ1n) is 5.36. The molecular weight excluding hydrogens is 272 g/mol. The number of ether oxygens (including phenoxy) is 1. The number of nitrogens with zero attached hydrogens (tertiary/aromatic N) is 1. The van der Waals surface area contributed by atoms with E-state index in [0.717, 1.165) is 0 Å². The number of fused-ring (bicyclic) bond motifs is 1. The minimum absolute atomic E-state index is 0.196. The van der Waals surface area contributed by atoms with Crippen LogP contribution in [0, 0.1) is 11.7 Å². The van der Waals surface area contributed by atoms with Crippen LogP contribution in [0.15, 0.2) is 4.79 Å². The van der Waals surface area contributed by atoms with Gasteiger partial charge in [0.05, 0.1) is 12.0 Å². The molecule has 2 aromatic rings. The Labute approximate surface area is 112 Å². The van der Waals surface area contributed by atoms with Crippen molar-refractivity contribution >= 4 is 39.7 Å². The van der Waals surface area contributed by atoms with Crippen molar-refractivity contribution in [2.24, 2.45) is 7.05 Å². The highest BCUT2D eigenvalue weighted by Crippen LogP contribution is 2.27. The number of carbonyl (C=O) groups is 1. The predicted octanol–water partition coefficient (Wildman–Crippen LogP) is 2.14. The van der Waals surface area contributed by atoms with Crippen molar-refractivity contribution in [3.8, 4) is 0 Å². The van der Waals surface area contributed by atoms with Gasteiger partial charge in [-0.15, -0.1) is 11.3 Å². The largest absolute Gasteiger partial charge is 0.462 e. The molecule has 0 aliphatic rings.